The summed E-state index contributed by atoms with van der Waals surface area (Å²) in [6.45, 7) is -0.322. The lowest BCUT2D eigenvalue weighted by Gasteiger charge is -2.41. The van der Waals surface area contributed by atoms with Crippen LogP contribution in [0.25, 0.3) is 0 Å². The first-order chi connectivity index (χ1) is 8.69. The number of aliphatic hydroxyl groups excluding tert-OH is 3. The Morgan fingerprint density at radius 1 is 1.17 bits per heavy atom. The molecule has 2 unspecified atom stereocenters. The van der Waals surface area contributed by atoms with Gasteiger partial charge in [-0.15, -0.1) is 0 Å². The summed E-state index contributed by atoms with van der Waals surface area (Å²) in [5, 5.41) is 29.3. The van der Waals surface area contributed by atoms with Crippen molar-refractivity contribution in [1.29, 1.82) is 0 Å². The lowest BCUT2D eigenvalue weighted by atomic mass is 9.91. The molecule has 1 aliphatic rings. The van der Waals surface area contributed by atoms with Crippen LogP contribution >= 0.6 is 0 Å². The van der Waals surface area contributed by atoms with Crippen LogP contribution in [0.4, 0.5) is 0 Å². The fourth-order valence-electron chi connectivity index (χ4n) is 2.28. The third-order valence-corrected chi connectivity index (χ3v) is 3.27. The molecular formula is C13H18O5. The smallest absolute Gasteiger partial charge is 0.114 e. The van der Waals surface area contributed by atoms with Crippen LogP contribution in [0.3, 0.4) is 0 Å². The van der Waals surface area contributed by atoms with Crippen LogP contribution in [0.15, 0.2) is 30.3 Å². The molecule has 0 saturated carbocycles. The molecule has 18 heavy (non-hydrogen) atoms. The summed E-state index contributed by atoms with van der Waals surface area (Å²) < 4.78 is 10.7. The number of benzene rings is 1. The number of methoxy groups -OCH3 is 1. The Hall–Kier alpha value is -0.980. The third-order valence-electron chi connectivity index (χ3n) is 3.27. The van der Waals surface area contributed by atoms with E-state index in [4.69, 9.17) is 9.47 Å². The van der Waals surface area contributed by atoms with Gasteiger partial charge in [-0.1, -0.05) is 30.3 Å². The summed E-state index contributed by atoms with van der Waals surface area (Å²) in [6, 6.07) is 9.20. The van der Waals surface area contributed by atoms with E-state index >= 15 is 0 Å². The average molecular weight is 254 g/mol. The number of hydrogen-bond acceptors (Lipinski definition) is 5. The van der Waals surface area contributed by atoms with E-state index in [2.05, 4.69) is 0 Å². The molecule has 1 aromatic rings. The topological polar surface area (TPSA) is 79.2 Å². The first-order valence-corrected chi connectivity index (χ1v) is 5.89. The van der Waals surface area contributed by atoms with E-state index in [1.54, 1.807) is 0 Å². The molecule has 0 radical (unpaired) electrons. The molecule has 5 atom stereocenters. The molecule has 1 aliphatic heterocycles. The SMILES string of the molecule is CO[C@H]1C(O)[C@@H](CO)O[C@@H](c2ccccc2)C1O. The van der Waals surface area contributed by atoms with Gasteiger partial charge < -0.3 is 24.8 Å². The van der Waals surface area contributed by atoms with E-state index in [9.17, 15) is 15.3 Å². The molecule has 1 aromatic carbocycles. The summed E-state index contributed by atoms with van der Waals surface area (Å²) in [5.74, 6) is 0. The minimum Gasteiger partial charge on any atom is -0.394 e. The summed E-state index contributed by atoms with van der Waals surface area (Å²) in [6.07, 6.45) is -4.17. The number of aliphatic hydroxyl groups is 3. The van der Waals surface area contributed by atoms with Crippen molar-refractivity contribution in [2.75, 3.05) is 13.7 Å². The van der Waals surface area contributed by atoms with Crippen molar-refractivity contribution < 1.29 is 24.8 Å². The van der Waals surface area contributed by atoms with Gasteiger partial charge in [-0.25, -0.2) is 0 Å². The molecular weight excluding hydrogens is 236 g/mol. The largest absolute Gasteiger partial charge is 0.394 e. The molecule has 0 spiro atoms. The van der Waals surface area contributed by atoms with Gasteiger partial charge in [0, 0.05) is 7.11 Å². The normalized spacial score (nSPS) is 36.6. The van der Waals surface area contributed by atoms with Gasteiger partial charge in [-0.05, 0) is 5.56 Å². The van der Waals surface area contributed by atoms with Crippen LogP contribution in [0.1, 0.15) is 11.7 Å². The van der Waals surface area contributed by atoms with Gasteiger partial charge in [0.15, 0.2) is 0 Å². The Kier molecular flexibility index (Phi) is 4.31. The van der Waals surface area contributed by atoms with Crippen molar-refractivity contribution in [2.45, 2.75) is 30.5 Å². The second-order valence-corrected chi connectivity index (χ2v) is 4.37. The van der Waals surface area contributed by atoms with Gasteiger partial charge in [0.2, 0.25) is 0 Å². The Morgan fingerprint density at radius 2 is 1.83 bits per heavy atom. The second-order valence-electron chi connectivity index (χ2n) is 4.37. The van der Waals surface area contributed by atoms with Crippen LogP contribution in [-0.2, 0) is 9.47 Å². The molecule has 0 aliphatic carbocycles. The highest BCUT2D eigenvalue weighted by molar-refractivity contribution is 5.20. The van der Waals surface area contributed by atoms with E-state index in [1.165, 1.54) is 7.11 Å². The Bertz CT molecular complexity index is 369. The molecule has 2 rings (SSSR count). The van der Waals surface area contributed by atoms with Gasteiger partial charge in [0.05, 0.1) is 6.61 Å². The van der Waals surface area contributed by atoms with Crippen molar-refractivity contribution in [3.05, 3.63) is 35.9 Å². The standard InChI is InChI=1S/C13H18O5/c1-17-13-10(15)9(7-14)18-12(11(13)16)8-5-3-2-4-6-8/h2-6,9-16H,7H2,1H3/t9-,10?,11?,12+,13+/m1/s1. The van der Waals surface area contributed by atoms with Crippen molar-refractivity contribution in [1.82, 2.24) is 0 Å². The molecule has 0 aromatic heterocycles. The van der Waals surface area contributed by atoms with Crippen LogP contribution in [0.2, 0.25) is 0 Å². The first kappa shape index (κ1) is 13.5. The van der Waals surface area contributed by atoms with Gasteiger partial charge in [0.1, 0.15) is 30.5 Å². The van der Waals surface area contributed by atoms with Crippen molar-refractivity contribution in [3.8, 4) is 0 Å². The summed E-state index contributed by atoms with van der Waals surface area (Å²) in [7, 11) is 1.42. The van der Waals surface area contributed by atoms with Gasteiger partial charge in [0.25, 0.3) is 0 Å². The predicted molar refractivity (Wildman–Crippen MR) is 64.0 cm³/mol. The maximum Gasteiger partial charge on any atom is 0.114 e. The number of ether oxygens (including phenoxy) is 2. The minimum atomic E-state index is -1.05. The summed E-state index contributed by atoms with van der Waals surface area (Å²) in [4.78, 5) is 0. The van der Waals surface area contributed by atoms with Gasteiger partial charge in [-0.3, -0.25) is 0 Å². The van der Waals surface area contributed by atoms with Crippen LogP contribution < -0.4 is 0 Å². The zero-order valence-electron chi connectivity index (χ0n) is 10.1. The zero-order valence-corrected chi connectivity index (χ0v) is 10.1. The monoisotopic (exact) mass is 254 g/mol. The van der Waals surface area contributed by atoms with E-state index in [0.717, 1.165) is 5.56 Å². The Morgan fingerprint density at radius 3 is 2.39 bits per heavy atom. The van der Waals surface area contributed by atoms with E-state index in [-0.39, 0.29) is 6.61 Å². The van der Waals surface area contributed by atoms with E-state index < -0.39 is 30.5 Å². The highest BCUT2D eigenvalue weighted by Gasteiger charge is 2.44. The average Bonchev–Trinajstić information content (AvgIpc) is 2.41. The lowest BCUT2D eigenvalue weighted by Crippen LogP contribution is -2.56. The van der Waals surface area contributed by atoms with Crippen LogP contribution in [0, 0.1) is 0 Å². The highest BCUT2D eigenvalue weighted by Crippen LogP contribution is 2.33. The van der Waals surface area contributed by atoms with Crippen molar-refractivity contribution in [2.24, 2.45) is 0 Å². The van der Waals surface area contributed by atoms with Crippen molar-refractivity contribution >= 4 is 0 Å². The van der Waals surface area contributed by atoms with Gasteiger partial charge >= 0.3 is 0 Å². The molecule has 3 N–H and O–H groups in total. The Balaban J connectivity index is 2.25. The fourth-order valence-corrected chi connectivity index (χ4v) is 2.28. The lowest BCUT2D eigenvalue weighted by molar-refractivity contribution is -0.238. The number of rotatable bonds is 3. The van der Waals surface area contributed by atoms with E-state index in [1.807, 2.05) is 30.3 Å². The molecule has 5 nitrogen and oxygen atoms in total. The van der Waals surface area contributed by atoms with E-state index in [0.29, 0.717) is 0 Å². The van der Waals surface area contributed by atoms with Gasteiger partial charge in [-0.2, -0.15) is 0 Å². The maximum absolute atomic E-state index is 10.2. The molecule has 1 fully saturated rings. The highest BCUT2D eigenvalue weighted by atomic mass is 16.6. The van der Waals surface area contributed by atoms with Crippen LogP contribution in [-0.4, -0.2) is 53.5 Å². The fraction of sp³-hybridized carbons (Fsp3) is 0.538. The quantitative estimate of drug-likeness (QED) is 0.699. The zero-order chi connectivity index (χ0) is 13.1. The molecule has 1 saturated heterocycles. The molecule has 0 bridgehead atoms. The first-order valence-electron chi connectivity index (χ1n) is 5.89. The Labute approximate surface area is 106 Å². The molecule has 5 heteroatoms. The molecule has 0 amide bonds. The predicted octanol–water partition coefficient (Wildman–Crippen LogP) is -0.144. The maximum atomic E-state index is 10.2. The van der Waals surface area contributed by atoms with Crippen LogP contribution in [0.5, 0.6) is 0 Å². The summed E-state index contributed by atoms with van der Waals surface area (Å²) >= 11 is 0. The van der Waals surface area contributed by atoms with Crippen molar-refractivity contribution in [3.63, 3.8) is 0 Å². The number of hydrogen-bond donors (Lipinski definition) is 3. The second kappa shape index (κ2) is 5.77. The summed E-state index contributed by atoms with van der Waals surface area (Å²) in [5.41, 5.74) is 0.789. The molecule has 1 heterocycles. The molecule has 100 valence electrons. The third kappa shape index (κ3) is 2.41. The minimum absolute atomic E-state index is 0.322.